The summed E-state index contributed by atoms with van der Waals surface area (Å²) in [6, 6.07) is 12.8. The fraction of sp³-hybridized carbons (Fsp3) is 0.207. The molecule has 0 N–H and O–H groups in total. The molecule has 0 aliphatic carbocycles. The van der Waals surface area contributed by atoms with E-state index in [1.807, 2.05) is 37.3 Å². The Hall–Kier alpha value is -3.39. The first-order valence-corrected chi connectivity index (χ1v) is 10.2. The molecular weight excluding hydrogens is 378 g/mol. The Kier molecular flexibility index (Phi) is 2.21. The molecule has 2 aromatic heterocycles. The van der Waals surface area contributed by atoms with Crippen LogP contribution in [0.5, 0.6) is 0 Å². The van der Waals surface area contributed by atoms with E-state index in [2.05, 4.69) is 0 Å². The Morgan fingerprint density at radius 2 is 1.52 bits per heavy atom. The molecule has 31 heavy (non-hydrogen) atoms. The van der Waals surface area contributed by atoms with Crippen LogP contribution < -0.4 is 4.57 Å². The van der Waals surface area contributed by atoms with E-state index < -0.39 is 20.6 Å². The van der Waals surface area contributed by atoms with Gasteiger partial charge in [-0.15, -0.1) is 0 Å². The zero-order chi connectivity index (χ0) is 29.1. The highest BCUT2D eigenvalue weighted by atomic mass is 16.3. The maximum absolute atomic E-state index is 8.46. The number of pyridine rings is 1. The predicted octanol–water partition coefficient (Wildman–Crippen LogP) is 7.41. The minimum absolute atomic E-state index is 0.207. The third-order valence-corrected chi connectivity index (χ3v) is 6.46. The van der Waals surface area contributed by atoms with E-state index in [0.717, 1.165) is 21.7 Å². The first kappa shape index (κ1) is 11.3. The summed E-state index contributed by atoms with van der Waals surface area (Å²) in [5.74, 6) is 0. The summed E-state index contributed by atoms with van der Waals surface area (Å²) in [6.07, 6.45) is 1.41. The van der Waals surface area contributed by atoms with Crippen LogP contribution in [0.4, 0.5) is 0 Å². The van der Waals surface area contributed by atoms with Crippen LogP contribution in [0.25, 0.3) is 54.4 Å². The number of rotatable bonds is 0. The lowest BCUT2D eigenvalue weighted by molar-refractivity contribution is -0.644. The SMILES string of the molecule is [2H]C([2H])([2H])c1cc2c(cc1C)oc1cc3c4cccc(C)c4c4c(c(C([2H])([2H])[2H])c(C([2H])([2H])[2H])c[n+]4C)c3cc12. The second-order valence-corrected chi connectivity index (χ2v) is 8.41. The zero-order valence-electron chi connectivity index (χ0n) is 26.5. The summed E-state index contributed by atoms with van der Waals surface area (Å²) >= 11 is 0. The topological polar surface area (TPSA) is 17.0 Å². The fourth-order valence-electron chi connectivity index (χ4n) is 4.92. The summed E-state index contributed by atoms with van der Waals surface area (Å²) in [5.41, 5.74) is 2.94. The molecule has 2 heterocycles. The van der Waals surface area contributed by atoms with Gasteiger partial charge in [0.25, 0.3) is 0 Å². The van der Waals surface area contributed by atoms with Crippen molar-refractivity contribution in [1.29, 1.82) is 0 Å². The minimum atomic E-state index is -2.72. The van der Waals surface area contributed by atoms with Gasteiger partial charge in [-0.25, -0.2) is 4.57 Å². The number of furan rings is 1. The summed E-state index contributed by atoms with van der Waals surface area (Å²) in [7, 11) is 1.73. The maximum Gasteiger partial charge on any atom is 0.221 e. The summed E-state index contributed by atoms with van der Waals surface area (Å²) in [5, 5.41) is 4.54. The van der Waals surface area contributed by atoms with Gasteiger partial charge in [-0.3, -0.25) is 0 Å². The van der Waals surface area contributed by atoms with Crippen LogP contribution in [-0.4, -0.2) is 0 Å². The molecule has 0 radical (unpaired) electrons. The Bertz CT molecular complexity index is 2040. The fourth-order valence-corrected chi connectivity index (χ4v) is 4.92. The van der Waals surface area contributed by atoms with Gasteiger partial charge in [0.1, 0.15) is 18.2 Å². The van der Waals surface area contributed by atoms with E-state index in [1.165, 1.54) is 6.20 Å². The van der Waals surface area contributed by atoms with Gasteiger partial charge in [0.15, 0.2) is 6.20 Å². The quantitative estimate of drug-likeness (QED) is 0.187. The van der Waals surface area contributed by atoms with Crippen molar-refractivity contribution in [2.24, 2.45) is 7.05 Å². The van der Waals surface area contributed by atoms with Gasteiger partial charge >= 0.3 is 0 Å². The largest absolute Gasteiger partial charge is 0.456 e. The summed E-state index contributed by atoms with van der Waals surface area (Å²) < 4.78 is 81.8. The van der Waals surface area contributed by atoms with Gasteiger partial charge in [-0.1, -0.05) is 18.2 Å². The van der Waals surface area contributed by atoms with E-state index in [9.17, 15) is 0 Å². The van der Waals surface area contributed by atoms with Crippen molar-refractivity contribution in [1.82, 2.24) is 0 Å². The third-order valence-electron chi connectivity index (χ3n) is 6.46. The molecule has 0 atom stereocenters. The second-order valence-electron chi connectivity index (χ2n) is 8.41. The van der Waals surface area contributed by atoms with Gasteiger partial charge in [0.2, 0.25) is 5.52 Å². The first-order chi connectivity index (χ1) is 18.5. The molecule has 2 nitrogen and oxygen atoms in total. The highest BCUT2D eigenvalue weighted by Gasteiger charge is 2.22. The van der Waals surface area contributed by atoms with E-state index >= 15 is 0 Å². The molecule has 0 bridgehead atoms. The molecule has 0 aliphatic rings. The highest BCUT2D eigenvalue weighted by molar-refractivity contribution is 6.28. The lowest BCUT2D eigenvalue weighted by Crippen LogP contribution is -2.30. The monoisotopic (exact) mass is 413 g/mol. The molecule has 0 unspecified atom stereocenters. The third kappa shape index (κ3) is 2.36. The van der Waals surface area contributed by atoms with Gasteiger partial charge in [0.05, 0.1) is 10.8 Å². The molecule has 0 spiro atoms. The number of hydrogen-bond acceptors (Lipinski definition) is 1. The molecule has 152 valence electrons. The molecule has 2 heteroatoms. The number of nitrogens with zero attached hydrogens (tertiary/aromatic N) is 1. The van der Waals surface area contributed by atoms with Crippen LogP contribution in [0.1, 0.15) is 40.2 Å². The Balaban J connectivity index is 1.95. The predicted molar refractivity (Wildman–Crippen MR) is 131 cm³/mol. The molecule has 0 amide bonds. The van der Waals surface area contributed by atoms with Crippen molar-refractivity contribution in [3.63, 3.8) is 0 Å². The molecule has 4 aromatic carbocycles. The molecule has 0 aliphatic heterocycles. The van der Waals surface area contributed by atoms with Crippen molar-refractivity contribution in [3.05, 3.63) is 76.5 Å². The minimum Gasteiger partial charge on any atom is -0.456 e. The van der Waals surface area contributed by atoms with Crippen LogP contribution in [0.15, 0.2) is 53.1 Å². The number of benzene rings is 4. The van der Waals surface area contributed by atoms with E-state index in [0.29, 0.717) is 43.8 Å². The Morgan fingerprint density at radius 1 is 0.710 bits per heavy atom. The van der Waals surface area contributed by atoms with Crippen LogP contribution in [0.2, 0.25) is 0 Å². The number of aryl methyl sites for hydroxylation is 6. The average Bonchev–Trinajstić information content (AvgIpc) is 3.16. The maximum atomic E-state index is 8.46. The molecular formula is C29H26NO+. The van der Waals surface area contributed by atoms with Crippen LogP contribution in [-0.2, 0) is 7.05 Å². The van der Waals surface area contributed by atoms with Crippen molar-refractivity contribution < 1.29 is 21.3 Å². The molecule has 6 aromatic rings. The molecule has 0 saturated heterocycles. The van der Waals surface area contributed by atoms with E-state index in [-0.39, 0.29) is 16.7 Å². The van der Waals surface area contributed by atoms with Crippen molar-refractivity contribution in [2.75, 3.05) is 0 Å². The van der Waals surface area contributed by atoms with Crippen molar-refractivity contribution >= 4 is 54.4 Å². The van der Waals surface area contributed by atoms with E-state index in [4.69, 9.17) is 16.8 Å². The summed E-state index contributed by atoms with van der Waals surface area (Å²) in [4.78, 5) is 0. The highest BCUT2D eigenvalue weighted by Crippen LogP contribution is 2.41. The lowest BCUT2D eigenvalue weighted by atomic mass is 9.90. The average molecular weight is 414 g/mol. The van der Waals surface area contributed by atoms with Gasteiger partial charge in [-0.2, -0.15) is 0 Å². The number of aromatic nitrogens is 1. The van der Waals surface area contributed by atoms with Gasteiger partial charge in [-0.05, 0) is 97.1 Å². The van der Waals surface area contributed by atoms with Gasteiger partial charge in [0, 0.05) is 28.7 Å². The second kappa shape index (κ2) is 6.07. The van der Waals surface area contributed by atoms with E-state index in [1.54, 1.807) is 30.7 Å². The number of fused-ring (bicyclic) bond motifs is 9. The van der Waals surface area contributed by atoms with Crippen molar-refractivity contribution in [3.8, 4) is 0 Å². The number of hydrogen-bond donors (Lipinski definition) is 0. The molecule has 6 rings (SSSR count). The lowest BCUT2D eigenvalue weighted by Gasteiger charge is -2.13. The normalized spacial score (nSPS) is 17.7. The summed E-state index contributed by atoms with van der Waals surface area (Å²) in [6.45, 7) is -4.04. The van der Waals surface area contributed by atoms with Crippen LogP contribution in [0, 0.1) is 34.4 Å². The van der Waals surface area contributed by atoms with Crippen LogP contribution >= 0.6 is 0 Å². The van der Waals surface area contributed by atoms with Gasteiger partial charge < -0.3 is 4.42 Å². The molecule has 0 saturated carbocycles. The standard InChI is InChI=1S/C29H26NO/c1-15-8-7-9-20-21-13-26-23(22-10-16(2)17(3)11-25(22)31-26)12-24(21)28-19(5)18(4)14-30(6)29(28)27(15)20/h7-14H,1-6H3/q+1/i2D3,4D3,5D3. The smallest absolute Gasteiger partial charge is 0.221 e. The zero-order valence-corrected chi connectivity index (χ0v) is 17.5. The first-order valence-electron chi connectivity index (χ1n) is 14.7. The Labute approximate surface area is 194 Å². The molecule has 0 fully saturated rings. The van der Waals surface area contributed by atoms with Crippen LogP contribution in [0.3, 0.4) is 0 Å². The Morgan fingerprint density at radius 3 is 2.32 bits per heavy atom. The van der Waals surface area contributed by atoms with Crippen molar-refractivity contribution in [2.45, 2.75) is 34.4 Å².